The summed E-state index contributed by atoms with van der Waals surface area (Å²) in [6.45, 7) is 4.53. The fourth-order valence-electron chi connectivity index (χ4n) is 1.38. The Bertz CT molecular complexity index is 244. The number of hydrogen-bond donors (Lipinski definition) is 0. The molecule has 0 bridgehead atoms. The first-order chi connectivity index (χ1) is 6.31. The third-order valence-corrected chi connectivity index (χ3v) is 4.76. The molecular formula is C11H17AuOP. The van der Waals surface area contributed by atoms with Crippen molar-refractivity contribution in [3.63, 3.8) is 0 Å². The van der Waals surface area contributed by atoms with Crippen LogP contribution in [0.5, 0.6) is 5.75 Å². The Morgan fingerprint density at radius 3 is 1.93 bits per heavy atom. The smallest absolute Gasteiger partial charge is 0.118 e. The molecule has 1 aromatic carbocycles. The molecule has 0 aliphatic carbocycles. The molecule has 0 amide bonds. The first-order valence-corrected chi connectivity index (χ1v) is 6.42. The second kappa shape index (κ2) is 7.48. The molecule has 1 rings (SSSR count). The Labute approximate surface area is 104 Å². The van der Waals surface area contributed by atoms with Crippen LogP contribution in [-0.2, 0) is 22.4 Å². The Morgan fingerprint density at radius 1 is 1.07 bits per heavy atom. The van der Waals surface area contributed by atoms with E-state index in [4.69, 9.17) is 4.74 Å². The van der Waals surface area contributed by atoms with Crippen LogP contribution in [0.4, 0.5) is 0 Å². The minimum Gasteiger partial charge on any atom is -0.497 e. The van der Waals surface area contributed by atoms with Gasteiger partial charge in [0.1, 0.15) is 5.75 Å². The fourth-order valence-corrected chi connectivity index (χ4v) is 3.13. The predicted molar refractivity (Wildman–Crippen MR) is 60.6 cm³/mol. The summed E-state index contributed by atoms with van der Waals surface area (Å²) in [7, 11) is 1.78. The van der Waals surface area contributed by atoms with Crippen LogP contribution in [0.2, 0.25) is 0 Å². The molecule has 0 aliphatic heterocycles. The van der Waals surface area contributed by atoms with Crippen LogP contribution in [0.25, 0.3) is 0 Å². The van der Waals surface area contributed by atoms with Crippen molar-refractivity contribution >= 4 is 13.2 Å². The molecule has 1 radical (unpaired) electrons. The van der Waals surface area contributed by atoms with E-state index < -0.39 is 0 Å². The molecule has 0 unspecified atom stereocenters. The van der Waals surface area contributed by atoms with Crippen LogP contribution >= 0.6 is 7.92 Å². The molecule has 1 nitrogen and oxygen atoms in total. The molecule has 1 aromatic rings. The van der Waals surface area contributed by atoms with E-state index in [-0.39, 0.29) is 30.3 Å². The normalized spacial score (nSPS) is 9.71. The quantitative estimate of drug-likeness (QED) is 0.565. The van der Waals surface area contributed by atoms with E-state index in [1.54, 1.807) is 7.11 Å². The van der Waals surface area contributed by atoms with Crippen LogP contribution in [-0.4, -0.2) is 19.4 Å². The molecule has 3 heteroatoms. The number of ether oxygens (including phenoxy) is 1. The van der Waals surface area contributed by atoms with Crippen LogP contribution < -0.4 is 10.0 Å². The van der Waals surface area contributed by atoms with Crippen molar-refractivity contribution < 1.29 is 27.1 Å². The van der Waals surface area contributed by atoms with E-state index in [0.717, 1.165) is 5.75 Å². The van der Waals surface area contributed by atoms with Crippen LogP contribution in [0.15, 0.2) is 24.3 Å². The Balaban J connectivity index is 0.00000169. The van der Waals surface area contributed by atoms with Gasteiger partial charge in [-0.25, -0.2) is 0 Å². The number of rotatable bonds is 4. The van der Waals surface area contributed by atoms with Crippen molar-refractivity contribution in [2.45, 2.75) is 13.8 Å². The zero-order valence-corrected chi connectivity index (χ0v) is 11.9. The molecule has 0 fully saturated rings. The largest absolute Gasteiger partial charge is 0.497 e. The summed E-state index contributed by atoms with van der Waals surface area (Å²) in [6, 6.07) is 8.49. The van der Waals surface area contributed by atoms with Gasteiger partial charge in [0.15, 0.2) is 0 Å². The Hall–Kier alpha value is 0.190. The fraction of sp³-hybridized carbons (Fsp3) is 0.455. The molecule has 0 heterocycles. The zero-order chi connectivity index (χ0) is 9.68. The van der Waals surface area contributed by atoms with Gasteiger partial charge < -0.3 is 4.74 Å². The van der Waals surface area contributed by atoms with Crippen molar-refractivity contribution in [3.05, 3.63) is 24.3 Å². The third kappa shape index (κ3) is 3.74. The summed E-state index contributed by atoms with van der Waals surface area (Å²) in [5.74, 6) is 0.950. The maximum Gasteiger partial charge on any atom is 0.118 e. The monoisotopic (exact) mass is 393 g/mol. The molecule has 14 heavy (non-hydrogen) atoms. The van der Waals surface area contributed by atoms with Crippen molar-refractivity contribution in [1.29, 1.82) is 0 Å². The van der Waals surface area contributed by atoms with Crippen LogP contribution in [0, 0.1) is 0 Å². The molecule has 0 aliphatic rings. The van der Waals surface area contributed by atoms with Gasteiger partial charge in [-0.15, -0.1) is 0 Å². The summed E-state index contributed by atoms with van der Waals surface area (Å²) in [4.78, 5) is 0. The van der Waals surface area contributed by atoms with E-state index >= 15 is 0 Å². The van der Waals surface area contributed by atoms with Gasteiger partial charge in [0.25, 0.3) is 0 Å². The standard InChI is InChI=1S/C11H17OP.Au/c1-4-13(5-2)11-8-6-10(12-3)7-9-11;/h6-9H,4-5H2,1-3H3;. The first-order valence-electron chi connectivity index (χ1n) is 4.70. The average molecular weight is 393 g/mol. The predicted octanol–water partition coefficient (Wildman–Crippen LogP) is 2.84. The summed E-state index contributed by atoms with van der Waals surface area (Å²) >= 11 is 0. The van der Waals surface area contributed by atoms with E-state index in [0.29, 0.717) is 0 Å². The number of hydrogen-bond acceptors (Lipinski definition) is 1. The summed E-state index contributed by atoms with van der Waals surface area (Å²) < 4.78 is 5.12. The number of methoxy groups -OCH3 is 1. The van der Waals surface area contributed by atoms with Gasteiger partial charge in [-0.05, 0) is 29.8 Å². The molecule has 0 saturated heterocycles. The molecule has 0 N–H and O–H groups in total. The average Bonchev–Trinajstić information content (AvgIpc) is 2.21. The molecule has 83 valence electrons. The summed E-state index contributed by atoms with van der Waals surface area (Å²) in [5, 5.41) is 1.49. The first kappa shape index (κ1) is 14.2. The Kier molecular flexibility index (Phi) is 7.58. The number of benzene rings is 1. The van der Waals surface area contributed by atoms with Crippen molar-refractivity contribution in [3.8, 4) is 5.75 Å². The van der Waals surface area contributed by atoms with Gasteiger partial charge in [0.2, 0.25) is 0 Å². The van der Waals surface area contributed by atoms with E-state index in [1.807, 2.05) is 0 Å². The van der Waals surface area contributed by atoms with Crippen molar-refractivity contribution in [1.82, 2.24) is 0 Å². The van der Waals surface area contributed by atoms with Gasteiger partial charge in [-0.1, -0.05) is 33.9 Å². The second-order valence-electron chi connectivity index (χ2n) is 2.87. The van der Waals surface area contributed by atoms with Gasteiger partial charge in [0.05, 0.1) is 7.11 Å². The molecule has 0 saturated carbocycles. The van der Waals surface area contributed by atoms with E-state index in [2.05, 4.69) is 38.1 Å². The second-order valence-corrected chi connectivity index (χ2v) is 5.73. The Morgan fingerprint density at radius 2 is 1.57 bits per heavy atom. The van der Waals surface area contributed by atoms with E-state index in [1.165, 1.54) is 17.6 Å². The molecular weight excluding hydrogens is 376 g/mol. The van der Waals surface area contributed by atoms with Gasteiger partial charge in [-0.2, -0.15) is 0 Å². The topological polar surface area (TPSA) is 9.23 Å². The summed E-state index contributed by atoms with van der Waals surface area (Å²) in [6.07, 6.45) is 2.55. The minimum atomic E-state index is 0. The maximum atomic E-state index is 5.12. The third-order valence-electron chi connectivity index (χ3n) is 2.20. The SMILES string of the molecule is CCP(CC)c1ccc(OC)cc1.[Au]. The van der Waals surface area contributed by atoms with Crippen LogP contribution in [0.1, 0.15) is 13.8 Å². The van der Waals surface area contributed by atoms with E-state index in [9.17, 15) is 0 Å². The maximum absolute atomic E-state index is 5.12. The van der Waals surface area contributed by atoms with Gasteiger partial charge in [0, 0.05) is 22.4 Å². The molecule has 0 aromatic heterocycles. The summed E-state index contributed by atoms with van der Waals surface area (Å²) in [5.41, 5.74) is 0. The zero-order valence-electron chi connectivity index (χ0n) is 8.88. The van der Waals surface area contributed by atoms with Crippen molar-refractivity contribution in [2.75, 3.05) is 19.4 Å². The van der Waals surface area contributed by atoms with Crippen molar-refractivity contribution in [2.24, 2.45) is 0 Å². The molecule has 0 atom stereocenters. The van der Waals surface area contributed by atoms with Crippen LogP contribution in [0.3, 0.4) is 0 Å². The van der Waals surface area contributed by atoms with Gasteiger partial charge in [-0.3, -0.25) is 0 Å². The minimum absolute atomic E-state index is 0. The molecule has 0 spiro atoms. The van der Waals surface area contributed by atoms with Gasteiger partial charge >= 0.3 is 0 Å².